The summed E-state index contributed by atoms with van der Waals surface area (Å²) in [6, 6.07) is 5.38. The maximum Gasteiger partial charge on any atom is 0.240 e. The molecule has 0 spiro atoms. The molecule has 0 unspecified atom stereocenters. The Bertz CT molecular complexity index is 445. The quantitative estimate of drug-likeness (QED) is 0.843. The predicted molar refractivity (Wildman–Crippen MR) is 77.4 cm³/mol. The first-order valence-electron chi connectivity index (χ1n) is 6.37. The van der Waals surface area contributed by atoms with E-state index >= 15 is 0 Å². The Balaban J connectivity index is 2.80. The molecule has 0 atom stereocenters. The number of nitrogens with one attached hydrogen (secondary N) is 1. The van der Waals surface area contributed by atoms with Crippen molar-refractivity contribution >= 4 is 17.5 Å². The number of halogens is 1. The van der Waals surface area contributed by atoms with Gasteiger partial charge in [0.15, 0.2) is 0 Å². The molecule has 0 heterocycles. The summed E-state index contributed by atoms with van der Waals surface area (Å²) < 4.78 is 5.23. The first kappa shape index (κ1) is 15.8. The molecule has 1 aromatic rings. The third-order valence-electron chi connectivity index (χ3n) is 3.44. The lowest BCUT2D eigenvalue weighted by Crippen LogP contribution is -2.52. The second kappa shape index (κ2) is 6.78. The van der Waals surface area contributed by atoms with E-state index in [1.165, 1.54) is 0 Å². The minimum atomic E-state index is -0.825. The fraction of sp³-hybridized carbons (Fsp3) is 0.500. The van der Waals surface area contributed by atoms with Gasteiger partial charge in [-0.1, -0.05) is 31.5 Å². The molecular formula is C14H21ClN2O2. The van der Waals surface area contributed by atoms with Crippen LogP contribution in [-0.4, -0.2) is 18.6 Å². The van der Waals surface area contributed by atoms with E-state index in [2.05, 4.69) is 5.32 Å². The Kier molecular flexibility index (Phi) is 5.63. The molecule has 0 saturated carbocycles. The molecule has 1 rings (SSSR count). The van der Waals surface area contributed by atoms with E-state index in [4.69, 9.17) is 22.1 Å². The lowest BCUT2D eigenvalue weighted by molar-refractivity contribution is -0.126. The molecule has 0 bridgehead atoms. The highest BCUT2D eigenvalue weighted by Crippen LogP contribution is 2.26. The van der Waals surface area contributed by atoms with Gasteiger partial charge in [-0.05, 0) is 25.0 Å². The molecule has 0 radical (unpaired) electrons. The molecular weight excluding hydrogens is 264 g/mol. The molecule has 4 nitrogen and oxygen atoms in total. The zero-order valence-electron chi connectivity index (χ0n) is 11.6. The summed E-state index contributed by atoms with van der Waals surface area (Å²) in [5, 5.41) is 3.39. The molecule has 0 aliphatic carbocycles. The van der Waals surface area contributed by atoms with Crippen LogP contribution in [0.4, 0.5) is 0 Å². The van der Waals surface area contributed by atoms with Crippen LogP contribution < -0.4 is 15.8 Å². The van der Waals surface area contributed by atoms with Crippen molar-refractivity contribution in [1.82, 2.24) is 5.32 Å². The van der Waals surface area contributed by atoms with Crippen LogP contribution in [0.3, 0.4) is 0 Å². The third-order valence-corrected chi connectivity index (χ3v) is 3.79. The smallest absolute Gasteiger partial charge is 0.240 e. The summed E-state index contributed by atoms with van der Waals surface area (Å²) in [5.74, 6) is 0.489. The minimum Gasteiger partial charge on any atom is -0.496 e. The molecule has 0 fully saturated rings. The third kappa shape index (κ3) is 3.61. The van der Waals surface area contributed by atoms with Gasteiger partial charge in [0.25, 0.3) is 0 Å². The van der Waals surface area contributed by atoms with Gasteiger partial charge in [-0.2, -0.15) is 0 Å². The first-order chi connectivity index (χ1) is 8.98. The van der Waals surface area contributed by atoms with Gasteiger partial charge in [0, 0.05) is 17.1 Å². The Labute approximate surface area is 119 Å². The molecule has 0 aliphatic rings. The van der Waals surface area contributed by atoms with Crippen molar-refractivity contribution in [2.75, 3.05) is 7.11 Å². The monoisotopic (exact) mass is 284 g/mol. The van der Waals surface area contributed by atoms with E-state index in [-0.39, 0.29) is 5.91 Å². The van der Waals surface area contributed by atoms with Gasteiger partial charge in [-0.3, -0.25) is 4.79 Å². The van der Waals surface area contributed by atoms with Gasteiger partial charge in [0.2, 0.25) is 5.91 Å². The largest absolute Gasteiger partial charge is 0.496 e. The van der Waals surface area contributed by atoms with Crippen LogP contribution in [0.1, 0.15) is 32.3 Å². The second-order valence-corrected chi connectivity index (χ2v) is 4.87. The van der Waals surface area contributed by atoms with E-state index in [0.717, 1.165) is 5.56 Å². The summed E-state index contributed by atoms with van der Waals surface area (Å²) in [5.41, 5.74) is 5.97. The molecule has 0 aliphatic heterocycles. The fourth-order valence-corrected chi connectivity index (χ4v) is 2.05. The number of benzene rings is 1. The highest BCUT2D eigenvalue weighted by Gasteiger charge is 2.29. The van der Waals surface area contributed by atoms with Crippen LogP contribution >= 0.6 is 11.6 Å². The SMILES string of the molecule is CCC(N)(CC)C(=O)NCc1c(Cl)cccc1OC. The number of rotatable bonds is 6. The van der Waals surface area contributed by atoms with Gasteiger partial charge in [0.1, 0.15) is 5.75 Å². The summed E-state index contributed by atoms with van der Waals surface area (Å²) in [7, 11) is 1.57. The number of amides is 1. The number of hydrogen-bond acceptors (Lipinski definition) is 3. The maximum absolute atomic E-state index is 12.1. The van der Waals surface area contributed by atoms with Gasteiger partial charge in [-0.15, -0.1) is 0 Å². The van der Waals surface area contributed by atoms with Gasteiger partial charge < -0.3 is 15.8 Å². The zero-order valence-corrected chi connectivity index (χ0v) is 12.4. The van der Waals surface area contributed by atoms with Crippen molar-refractivity contribution in [3.63, 3.8) is 0 Å². The van der Waals surface area contributed by atoms with Gasteiger partial charge in [0.05, 0.1) is 12.6 Å². The molecule has 106 valence electrons. The van der Waals surface area contributed by atoms with Crippen molar-refractivity contribution < 1.29 is 9.53 Å². The van der Waals surface area contributed by atoms with Crippen LogP contribution in [-0.2, 0) is 11.3 Å². The van der Waals surface area contributed by atoms with Crippen molar-refractivity contribution in [2.24, 2.45) is 5.73 Å². The van der Waals surface area contributed by atoms with Crippen molar-refractivity contribution in [1.29, 1.82) is 0 Å². The summed E-state index contributed by atoms with van der Waals surface area (Å²) in [6.07, 6.45) is 1.18. The summed E-state index contributed by atoms with van der Waals surface area (Å²) >= 11 is 6.11. The first-order valence-corrected chi connectivity index (χ1v) is 6.74. The standard InChI is InChI=1S/C14H21ClN2O2/c1-4-14(16,5-2)13(18)17-9-10-11(15)7-6-8-12(10)19-3/h6-8H,4-5,9,16H2,1-3H3,(H,17,18). The minimum absolute atomic E-state index is 0.167. The van der Waals surface area contributed by atoms with Gasteiger partial charge >= 0.3 is 0 Å². The van der Waals surface area contributed by atoms with Crippen LogP contribution in [0.15, 0.2) is 18.2 Å². The number of nitrogens with two attached hydrogens (primary N) is 1. The highest BCUT2D eigenvalue weighted by molar-refractivity contribution is 6.31. The van der Waals surface area contributed by atoms with Crippen molar-refractivity contribution in [2.45, 2.75) is 38.8 Å². The Morgan fingerprint density at radius 2 is 2.05 bits per heavy atom. The molecule has 0 aromatic heterocycles. The van der Waals surface area contributed by atoms with Crippen LogP contribution in [0.5, 0.6) is 5.75 Å². The molecule has 19 heavy (non-hydrogen) atoms. The topological polar surface area (TPSA) is 64.4 Å². The van der Waals surface area contributed by atoms with Crippen molar-refractivity contribution in [3.05, 3.63) is 28.8 Å². The van der Waals surface area contributed by atoms with Crippen LogP contribution in [0.2, 0.25) is 5.02 Å². The summed E-state index contributed by atoms with van der Waals surface area (Å²) in [4.78, 5) is 12.1. The lowest BCUT2D eigenvalue weighted by atomic mass is 9.93. The number of methoxy groups -OCH3 is 1. The lowest BCUT2D eigenvalue weighted by Gasteiger charge is -2.25. The van der Waals surface area contributed by atoms with E-state index < -0.39 is 5.54 Å². The average molecular weight is 285 g/mol. The maximum atomic E-state index is 12.1. The van der Waals surface area contributed by atoms with E-state index in [9.17, 15) is 4.79 Å². The molecule has 0 saturated heterocycles. The Morgan fingerprint density at radius 3 is 2.58 bits per heavy atom. The van der Waals surface area contributed by atoms with E-state index in [0.29, 0.717) is 30.2 Å². The van der Waals surface area contributed by atoms with Gasteiger partial charge in [-0.25, -0.2) is 0 Å². The van der Waals surface area contributed by atoms with E-state index in [1.807, 2.05) is 19.9 Å². The van der Waals surface area contributed by atoms with Crippen LogP contribution in [0, 0.1) is 0 Å². The number of carbonyl (C=O) groups is 1. The fourth-order valence-electron chi connectivity index (χ4n) is 1.82. The normalized spacial score (nSPS) is 11.2. The number of ether oxygens (including phenoxy) is 1. The summed E-state index contributed by atoms with van der Waals surface area (Å²) in [6.45, 7) is 4.11. The predicted octanol–water partition coefficient (Wildman–Crippen LogP) is 2.48. The molecule has 1 amide bonds. The Morgan fingerprint density at radius 1 is 1.42 bits per heavy atom. The number of carbonyl (C=O) groups excluding carboxylic acids is 1. The van der Waals surface area contributed by atoms with Crippen molar-refractivity contribution in [3.8, 4) is 5.75 Å². The molecule has 1 aromatic carbocycles. The molecule has 3 N–H and O–H groups in total. The second-order valence-electron chi connectivity index (χ2n) is 4.47. The van der Waals surface area contributed by atoms with E-state index in [1.54, 1.807) is 19.2 Å². The number of hydrogen-bond donors (Lipinski definition) is 2. The molecule has 5 heteroatoms. The highest BCUT2D eigenvalue weighted by atomic mass is 35.5. The average Bonchev–Trinajstić information content (AvgIpc) is 2.44. The van der Waals surface area contributed by atoms with Crippen LogP contribution in [0.25, 0.3) is 0 Å². The Hall–Kier alpha value is -1.26. The zero-order chi connectivity index (χ0) is 14.5.